The average molecular weight is 119 g/mol. The summed E-state index contributed by atoms with van der Waals surface area (Å²) in [6.07, 6.45) is 0. The Balaban J connectivity index is 2.26. The molecule has 0 aromatic rings. The maximum Gasteiger partial charge on any atom is 0.125 e. The van der Waals surface area contributed by atoms with Gasteiger partial charge >= 0.3 is 0 Å². The van der Waals surface area contributed by atoms with Crippen molar-refractivity contribution in [2.45, 2.75) is 0 Å². The molecule has 1 saturated heterocycles. The second-order valence-corrected chi connectivity index (χ2v) is 4.07. The Morgan fingerprint density at radius 3 is 1.71 bits per heavy atom. The lowest BCUT2D eigenvalue weighted by Crippen LogP contribution is -2.05. The van der Waals surface area contributed by atoms with Crippen LogP contribution in [0.4, 0.5) is 0 Å². The predicted molar refractivity (Wildman–Crippen MR) is 35.0 cm³/mol. The summed E-state index contributed by atoms with van der Waals surface area (Å²) in [5.41, 5.74) is 0. The molecular weight excluding hydrogens is 107 g/mol. The average Bonchev–Trinajstić information content (AvgIpc) is 1.87. The van der Waals surface area contributed by atoms with Gasteiger partial charge in [-0.15, -0.1) is 0 Å². The first-order valence-electron chi connectivity index (χ1n) is 2.54. The molecule has 0 N–H and O–H groups in total. The Labute approximate surface area is 46.4 Å². The Morgan fingerprint density at radius 2 is 1.57 bits per heavy atom. The Kier molecular flexibility index (Phi) is 1.63. The van der Waals surface area contributed by atoms with Crippen LogP contribution in [-0.4, -0.2) is 36.5 Å². The van der Waals surface area contributed by atoms with E-state index in [1.54, 1.807) is 0 Å². The Bertz CT molecular complexity index is 58.7. The molecule has 1 aliphatic rings. The van der Waals surface area contributed by atoms with Crippen LogP contribution in [0.15, 0.2) is 0 Å². The van der Waals surface area contributed by atoms with Crippen molar-refractivity contribution in [3.05, 3.63) is 0 Å². The summed E-state index contributed by atoms with van der Waals surface area (Å²) in [6, 6.07) is 0. The zero-order chi connectivity index (χ0) is 5.28. The lowest BCUT2D eigenvalue weighted by molar-refractivity contribution is 0.553. The van der Waals surface area contributed by atoms with Crippen molar-refractivity contribution in [1.82, 2.24) is 9.34 Å². The van der Waals surface area contributed by atoms with Gasteiger partial charge in [0.2, 0.25) is 0 Å². The summed E-state index contributed by atoms with van der Waals surface area (Å²) in [5, 5.41) is 0. The molecule has 0 aliphatic carbocycles. The third-order valence-electron chi connectivity index (χ3n) is 1.20. The van der Waals surface area contributed by atoms with E-state index in [1.165, 1.54) is 13.1 Å². The van der Waals surface area contributed by atoms with Crippen LogP contribution in [0.25, 0.3) is 0 Å². The number of hydrogen-bond acceptors (Lipinski definition) is 2. The molecule has 0 spiro atoms. The molecule has 3 heteroatoms. The van der Waals surface area contributed by atoms with Gasteiger partial charge in [-0.2, -0.15) is 9.34 Å². The smallest absolute Gasteiger partial charge is 0.125 e. The van der Waals surface area contributed by atoms with Crippen LogP contribution in [-0.2, 0) is 0 Å². The summed E-state index contributed by atoms with van der Waals surface area (Å²) >= 11 is 0. The highest BCUT2D eigenvalue weighted by molar-refractivity contribution is 7.32. The van der Waals surface area contributed by atoms with Crippen LogP contribution in [0.3, 0.4) is 0 Å². The van der Waals surface area contributed by atoms with Crippen molar-refractivity contribution in [3.63, 3.8) is 0 Å². The third-order valence-corrected chi connectivity index (χ3v) is 2.50. The maximum absolute atomic E-state index is 2.39. The van der Waals surface area contributed by atoms with E-state index < -0.39 is 0 Å². The van der Waals surface area contributed by atoms with Crippen LogP contribution in [0, 0.1) is 0 Å². The molecule has 1 rings (SSSR count). The number of hydrogen-bond donors (Lipinski definition) is 0. The molecule has 0 radical (unpaired) electrons. The minimum atomic E-state index is 0.491. The second kappa shape index (κ2) is 2.08. The van der Waals surface area contributed by atoms with E-state index in [0.717, 1.165) is 0 Å². The van der Waals surface area contributed by atoms with Crippen molar-refractivity contribution in [2.75, 3.05) is 27.2 Å². The number of likely N-dealkylation sites (N-methyl/N-ethyl adjacent to an activating group) is 2. The first-order valence-corrected chi connectivity index (χ1v) is 3.58. The van der Waals surface area contributed by atoms with Crippen LogP contribution in [0.1, 0.15) is 0 Å². The Morgan fingerprint density at radius 1 is 1.14 bits per heavy atom. The first kappa shape index (κ1) is 5.49. The van der Waals surface area contributed by atoms with Crippen molar-refractivity contribution in [1.29, 1.82) is 0 Å². The molecule has 1 heterocycles. The van der Waals surface area contributed by atoms with Gasteiger partial charge in [-0.05, 0) is 0 Å². The Hall–Kier alpha value is 0.350. The van der Waals surface area contributed by atoms with E-state index in [-0.39, 0.29) is 0 Å². The molecule has 0 aromatic carbocycles. The highest BCUT2D eigenvalue weighted by atomic mass is 31.1. The molecule has 42 valence electrons. The van der Waals surface area contributed by atoms with Gasteiger partial charge in [0.25, 0.3) is 0 Å². The molecule has 0 aromatic heterocycles. The molecular formula is C4H12N2P+. The van der Waals surface area contributed by atoms with Gasteiger partial charge in [0, 0.05) is 14.1 Å². The molecule has 0 atom stereocenters. The zero-order valence-electron chi connectivity index (χ0n) is 4.89. The first-order chi connectivity index (χ1) is 3.29. The number of nitrogens with zero attached hydrogens (tertiary/aromatic N) is 2. The summed E-state index contributed by atoms with van der Waals surface area (Å²) in [7, 11) is 4.85. The molecule has 0 amide bonds. The molecule has 1 fully saturated rings. The minimum absolute atomic E-state index is 0.491. The van der Waals surface area contributed by atoms with Gasteiger partial charge in [-0.3, -0.25) is 0 Å². The van der Waals surface area contributed by atoms with Gasteiger partial charge < -0.3 is 0 Å². The summed E-state index contributed by atoms with van der Waals surface area (Å²) in [5.74, 6) is 0. The summed E-state index contributed by atoms with van der Waals surface area (Å²) in [6.45, 7) is 2.54. The fourth-order valence-electron chi connectivity index (χ4n) is 0.767. The van der Waals surface area contributed by atoms with E-state index in [1.807, 2.05) is 0 Å². The highest BCUT2D eigenvalue weighted by Crippen LogP contribution is 2.24. The van der Waals surface area contributed by atoms with Crippen LogP contribution < -0.4 is 0 Å². The van der Waals surface area contributed by atoms with Crippen LogP contribution in [0.5, 0.6) is 0 Å². The topological polar surface area (TPSA) is 6.48 Å². The van der Waals surface area contributed by atoms with Crippen molar-refractivity contribution in [3.8, 4) is 0 Å². The summed E-state index contributed by atoms with van der Waals surface area (Å²) in [4.78, 5) is 0. The van der Waals surface area contributed by atoms with Crippen molar-refractivity contribution < 1.29 is 0 Å². The largest absolute Gasteiger partial charge is 0.169 e. The lowest BCUT2D eigenvalue weighted by Gasteiger charge is -1.96. The third kappa shape index (κ3) is 1.37. The summed E-state index contributed by atoms with van der Waals surface area (Å²) < 4.78 is 4.78. The van der Waals surface area contributed by atoms with Crippen molar-refractivity contribution in [2.24, 2.45) is 0 Å². The fourth-order valence-corrected chi connectivity index (χ4v) is 1.90. The van der Waals surface area contributed by atoms with Gasteiger partial charge in [0.1, 0.15) is 8.88 Å². The quantitative estimate of drug-likeness (QED) is 0.417. The zero-order valence-corrected chi connectivity index (χ0v) is 6.04. The maximum atomic E-state index is 2.39. The van der Waals surface area contributed by atoms with E-state index in [0.29, 0.717) is 8.88 Å². The molecule has 0 bridgehead atoms. The van der Waals surface area contributed by atoms with Gasteiger partial charge in [0.15, 0.2) is 0 Å². The SMILES string of the molecule is CN1CCN(C)[PH2+]1. The van der Waals surface area contributed by atoms with Crippen LogP contribution in [0.2, 0.25) is 0 Å². The standard InChI is InChI=1S/C4H11N2P/c1-5-3-4-6(2)7-5/h7H,3-4H2,1-2H3/p+1. The number of rotatable bonds is 0. The molecule has 0 unspecified atom stereocenters. The van der Waals surface area contributed by atoms with Gasteiger partial charge in [-0.1, -0.05) is 0 Å². The normalized spacial score (nSPS) is 26.6. The molecule has 7 heavy (non-hydrogen) atoms. The van der Waals surface area contributed by atoms with Gasteiger partial charge in [-0.25, -0.2) is 0 Å². The monoisotopic (exact) mass is 119 g/mol. The molecule has 0 saturated carbocycles. The van der Waals surface area contributed by atoms with E-state index in [2.05, 4.69) is 23.4 Å². The predicted octanol–water partition coefficient (Wildman–Crippen LogP) is 0.104. The molecule has 1 aliphatic heterocycles. The van der Waals surface area contributed by atoms with E-state index in [4.69, 9.17) is 0 Å². The minimum Gasteiger partial charge on any atom is -0.169 e. The fraction of sp³-hybridized carbons (Fsp3) is 1.00. The van der Waals surface area contributed by atoms with E-state index >= 15 is 0 Å². The van der Waals surface area contributed by atoms with E-state index in [9.17, 15) is 0 Å². The van der Waals surface area contributed by atoms with Crippen LogP contribution >= 0.6 is 8.88 Å². The van der Waals surface area contributed by atoms with Crippen molar-refractivity contribution >= 4 is 8.88 Å². The molecule has 2 nitrogen and oxygen atoms in total. The lowest BCUT2D eigenvalue weighted by atomic mass is 10.6. The highest BCUT2D eigenvalue weighted by Gasteiger charge is 2.17. The second-order valence-electron chi connectivity index (χ2n) is 2.08. The van der Waals surface area contributed by atoms with Gasteiger partial charge in [0.05, 0.1) is 13.1 Å².